The molecular weight excluding hydrogens is 262 g/mol. The maximum absolute atomic E-state index is 11.6. The second-order valence-electron chi connectivity index (χ2n) is 4.06. The summed E-state index contributed by atoms with van der Waals surface area (Å²) >= 11 is 0. The molecule has 1 aromatic rings. The second kappa shape index (κ2) is 8.04. The van der Waals surface area contributed by atoms with Gasteiger partial charge in [-0.05, 0) is 24.5 Å². The van der Waals surface area contributed by atoms with Gasteiger partial charge < -0.3 is 19.5 Å². The van der Waals surface area contributed by atoms with Crippen LogP contribution in [-0.4, -0.2) is 39.4 Å². The Hall–Kier alpha value is -2.24. The summed E-state index contributed by atoms with van der Waals surface area (Å²) < 4.78 is 14.4. The van der Waals surface area contributed by atoms with Gasteiger partial charge in [0.2, 0.25) is 0 Å². The maximum atomic E-state index is 11.6. The molecular formula is C14H19NO5. The van der Waals surface area contributed by atoms with Crippen LogP contribution in [0.3, 0.4) is 0 Å². The highest BCUT2D eigenvalue weighted by Gasteiger charge is 2.22. The number of methoxy groups -OCH3 is 3. The molecule has 1 unspecified atom stereocenters. The lowest BCUT2D eigenvalue weighted by Crippen LogP contribution is -2.41. The van der Waals surface area contributed by atoms with Gasteiger partial charge in [0.25, 0.3) is 0 Å². The summed E-state index contributed by atoms with van der Waals surface area (Å²) in [6.07, 6.45) is 0.288. The fraction of sp³-hybridized carbons (Fsp3) is 0.429. The van der Waals surface area contributed by atoms with E-state index in [0.29, 0.717) is 12.8 Å². The van der Waals surface area contributed by atoms with Gasteiger partial charge in [0.1, 0.15) is 11.8 Å². The van der Waals surface area contributed by atoms with Crippen LogP contribution in [0.1, 0.15) is 12.0 Å². The summed E-state index contributed by atoms with van der Waals surface area (Å²) in [5, 5.41) is 2.45. The number of aryl methyl sites for hydroxylation is 1. The van der Waals surface area contributed by atoms with Crippen LogP contribution < -0.4 is 10.1 Å². The molecule has 0 aliphatic heterocycles. The number of para-hydroxylation sites is 1. The summed E-state index contributed by atoms with van der Waals surface area (Å²) in [5.74, 6) is 0.236. The lowest BCUT2D eigenvalue weighted by molar-refractivity contribution is -0.143. The van der Waals surface area contributed by atoms with E-state index in [9.17, 15) is 9.59 Å². The Bertz CT molecular complexity index is 461. The third-order valence-electron chi connectivity index (χ3n) is 2.86. The largest absolute Gasteiger partial charge is 0.496 e. The van der Waals surface area contributed by atoms with E-state index in [0.717, 1.165) is 11.3 Å². The van der Waals surface area contributed by atoms with Crippen LogP contribution in [0.5, 0.6) is 5.75 Å². The number of benzene rings is 1. The molecule has 0 aromatic heterocycles. The van der Waals surface area contributed by atoms with Gasteiger partial charge in [-0.2, -0.15) is 0 Å². The van der Waals surface area contributed by atoms with Gasteiger partial charge >= 0.3 is 12.1 Å². The zero-order valence-corrected chi connectivity index (χ0v) is 11.8. The van der Waals surface area contributed by atoms with Crippen LogP contribution >= 0.6 is 0 Å². The Kier molecular flexibility index (Phi) is 6.36. The predicted molar refractivity (Wildman–Crippen MR) is 72.7 cm³/mol. The molecule has 6 nitrogen and oxygen atoms in total. The van der Waals surface area contributed by atoms with Gasteiger partial charge in [-0.1, -0.05) is 18.2 Å². The number of hydrogen-bond acceptors (Lipinski definition) is 5. The second-order valence-corrected chi connectivity index (χ2v) is 4.06. The number of carbonyl (C=O) groups is 2. The molecule has 0 heterocycles. The Morgan fingerprint density at radius 2 is 1.85 bits per heavy atom. The molecule has 0 spiro atoms. The van der Waals surface area contributed by atoms with Gasteiger partial charge in [0.05, 0.1) is 21.3 Å². The van der Waals surface area contributed by atoms with Crippen molar-refractivity contribution in [3.63, 3.8) is 0 Å². The molecule has 0 radical (unpaired) electrons. The highest BCUT2D eigenvalue weighted by atomic mass is 16.5. The minimum atomic E-state index is -0.752. The fourth-order valence-electron chi connectivity index (χ4n) is 1.80. The lowest BCUT2D eigenvalue weighted by Gasteiger charge is -2.16. The molecule has 20 heavy (non-hydrogen) atoms. The standard InChI is InChI=1S/C14H19NO5/c1-18-12-7-5-4-6-10(12)8-9-11(13(16)19-2)15-14(17)20-3/h4-7,11H,8-9H2,1-3H3,(H,15,17). The molecule has 0 bridgehead atoms. The molecule has 1 N–H and O–H groups in total. The van der Waals surface area contributed by atoms with Crippen LogP contribution in [0, 0.1) is 0 Å². The van der Waals surface area contributed by atoms with Crippen molar-refractivity contribution >= 4 is 12.1 Å². The number of rotatable bonds is 6. The third-order valence-corrected chi connectivity index (χ3v) is 2.86. The monoisotopic (exact) mass is 281 g/mol. The van der Waals surface area contributed by atoms with Crippen LogP contribution in [-0.2, 0) is 20.7 Å². The minimum absolute atomic E-state index is 0.391. The highest BCUT2D eigenvalue weighted by molar-refractivity contribution is 5.81. The maximum Gasteiger partial charge on any atom is 0.407 e. The SMILES string of the molecule is COC(=O)NC(CCc1ccccc1OC)C(=O)OC. The van der Waals surface area contributed by atoms with Crippen molar-refractivity contribution < 1.29 is 23.8 Å². The van der Waals surface area contributed by atoms with E-state index in [-0.39, 0.29) is 0 Å². The average molecular weight is 281 g/mol. The van der Waals surface area contributed by atoms with E-state index < -0.39 is 18.1 Å². The van der Waals surface area contributed by atoms with Crippen molar-refractivity contribution in [3.8, 4) is 5.75 Å². The summed E-state index contributed by atoms with van der Waals surface area (Å²) in [6, 6.07) is 6.75. The Labute approximate surface area is 118 Å². The number of nitrogens with one attached hydrogen (secondary N) is 1. The molecule has 1 aromatic carbocycles. The van der Waals surface area contributed by atoms with Gasteiger partial charge in [0, 0.05) is 0 Å². The Balaban J connectivity index is 2.70. The molecule has 110 valence electrons. The zero-order valence-electron chi connectivity index (χ0n) is 11.8. The van der Waals surface area contributed by atoms with Gasteiger partial charge in [-0.25, -0.2) is 9.59 Å². The molecule has 0 aliphatic rings. The van der Waals surface area contributed by atoms with Crippen molar-refractivity contribution in [2.75, 3.05) is 21.3 Å². The zero-order chi connectivity index (χ0) is 15.0. The molecule has 6 heteroatoms. The fourth-order valence-corrected chi connectivity index (χ4v) is 1.80. The Morgan fingerprint density at radius 1 is 1.15 bits per heavy atom. The van der Waals surface area contributed by atoms with E-state index in [1.165, 1.54) is 14.2 Å². The summed E-state index contributed by atoms with van der Waals surface area (Å²) in [4.78, 5) is 22.8. The van der Waals surface area contributed by atoms with Gasteiger partial charge in [-0.3, -0.25) is 0 Å². The first kappa shape index (κ1) is 15.8. The smallest absolute Gasteiger partial charge is 0.407 e. The molecule has 0 aliphatic carbocycles. The first-order valence-corrected chi connectivity index (χ1v) is 6.16. The number of hydrogen-bond donors (Lipinski definition) is 1. The van der Waals surface area contributed by atoms with E-state index >= 15 is 0 Å². The number of amides is 1. The molecule has 0 saturated carbocycles. The first-order valence-electron chi connectivity index (χ1n) is 6.16. The summed E-state index contributed by atoms with van der Waals surface area (Å²) in [7, 11) is 4.10. The highest BCUT2D eigenvalue weighted by Crippen LogP contribution is 2.19. The molecule has 0 saturated heterocycles. The van der Waals surface area contributed by atoms with Crippen LogP contribution in [0.2, 0.25) is 0 Å². The van der Waals surface area contributed by atoms with Gasteiger partial charge in [-0.15, -0.1) is 0 Å². The third kappa shape index (κ3) is 4.46. The van der Waals surface area contributed by atoms with Crippen LogP contribution in [0.25, 0.3) is 0 Å². The Morgan fingerprint density at radius 3 is 2.45 bits per heavy atom. The molecule has 1 atom stereocenters. The lowest BCUT2D eigenvalue weighted by atomic mass is 10.0. The number of alkyl carbamates (subject to hydrolysis) is 1. The number of esters is 1. The van der Waals surface area contributed by atoms with E-state index in [4.69, 9.17) is 4.74 Å². The quantitative estimate of drug-likeness (QED) is 0.800. The number of carbonyl (C=O) groups excluding carboxylic acids is 2. The van der Waals surface area contributed by atoms with E-state index in [1.54, 1.807) is 7.11 Å². The van der Waals surface area contributed by atoms with Crippen molar-refractivity contribution in [3.05, 3.63) is 29.8 Å². The number of ether oxygens (including phenoxy) is 3. The van der Waals surface area contributed by atoms with Crippen molar-refractivity contribution in [1.29, 1.82) is 0 Å². The molecule has 1 rings (SSSR count). The topological polar surface area (TPSA) is 73.9 Å². The van der Waals surface area contributed by atoms with E-state index in [1.807, 2.05) is 24.3 Å². The average Bonchev–Trinajstić information content (AvgIpc) is 2.50. The minimum Gasteiger partial charge on any atom is -0.496 e. The van der Waals surface area contributed by atoms with Crippen molar-refractivity contribution in [2.24, 2.45) is 0 Å². The van der Waals surface area contributed by atoms with Crippen LogP contribution in [0.15, 0.2) is 24.3 Å². The van der Waals surface area contributed by atoms with Crippen molar-refractivity contribution in [1.82, 2.24) is 5.32 Å². The predicted octanol–water partition coefficient (Wildman–Crippen LogP) is 1.53. The van der Waals surface area contributed by atoms with Gasteiger partial charge in [0.15, 0.2) is 0 Å². The summed E-state index contributed by atoms with van der Waals surface area (Å²) in [6.45, 7) is 0. The normalized spacial score (nSPS) is 11.3. The van der Waals surface area contributed by atoms with Crippen molar-refractivity contribution in [2.45, 2.75) is 18.9 Å². The first-order chi connectivity index (χ1) is 9.62. The van der Waals surface area contributed by atoms with Crippen LogP contribution in [0.4, 0.5) is 4.79 Å². The molecule has 0 fully saturated rings. The summed E-state index contributed by atoms with van der Waals surface area (Å²) in [5.41, 5.74) is 0.954. The van der Waals surface area contributed by atoms with E-state index in [2.05, 4.69) is 14.8 Å². The molecule has 1 amide bonds.